The van der Waals surface area contributed by atoms with Crippen LogP contribution >= 0.6 is 22.9 Å². The molecule has 0 amide bonds. The number of hydrogen-bond donors (Lipinski definition) is 0. The molecular formula is C33H26ClN3O3S. The highest BCUT2D eigenvalue weighted by Crippen LogP contribution is 2.35. The first-order valence-electron chi connectivity index (χ1n) is 13.2. The number of thiazole rings is 1. The molecule has 41 heavy (non-hydrogen) atoms. The maximum absolute atomic E-state index is 14.2. The number of para-hydroxylation sites is 1. The van der Waals surface area contributed by atoms with Crippen LogP contribution in [0, 0.1) is 0 Å². The summed E-state index contributed by atoms with van der Waals surface area (Å²) in [7, 11) is 0. The molecule has 6 rings (SSSR count). The molecule has 3 aromatic carbocycles. The maximum atomic E-state index is 14.2. The minimum absolute atomic E-state index is 0.191. The summed E-state index contributed by atoms with van der Waals surface area (Å²) < 4.78 is 9.75. The van der Waals surface area contributed by atoms with Gasteiger partial charge in [-0.3, -0.25) is 9.36 Å². The van der Waals surface area contributed by atoms with Gasteiger partial charge < -0.3 is 9.30 Å². The molecule has 2 aromatic heterocycles. The lowest BCUT2D eigenvalue weighted by Crippen LogP contribution is -2.40. The normalized spacial score (nSPS) is 15.1. The summed E-state index contributed by atoms with van der Waals surface area (Å²) in [4.78, 5) is 33.1. The molecule has 6 nitrogen and oxygen atoms in total. The molecule has 1 aliphatic rings. The number of halogens is 1. The quantitative estimate of drug-likeness (QED) is 0.183. The van der Waals surface area contributed by atoms with Crippen molar-refractivity contribution >= 4 is 51.6 Å². The van der Waals surface area contributed by atoms with Crippen molar-refractivity contribution in [1.29, 1.82) is 0 Å². The Balaban J connectivity index is 1.64. The van der Waals surface area contributed by atoms with Crippen LogP contribution in [0.2, 0.25) is 5.02 Å². The van der Waals surface area contributed by atoms with Crippen LogP contribution in [-0.2, 0) is 16.1 Å². The van der Waals surface area contributed by atoms with E-state index in [-0.39, 0.29) is 12.2 Å². The highest BCUT2D eigenvalue weighted by atomic mass is 35.5. The molecule has 0 fully saturated rings. The zero-order valence-corrected chi connectivity index (χ0v) is 23.9. The van der Waals surface area contributed by atoms with Crippen molar-refractivity contribution < 1.29 is 9.53 Å². The number of carbonyl (C=O) groups is 1. The lowest BCUT2D eigenvalue weighted by atomic mass is 9.93. The van der Waals surface area contributed by atoms with Crippen LogP contribution in [-0.4, -0.2) is 21.7 Å². The molecule has 3 heterocycles. The topological polar surface area (TPSA) is 65.6 Å². The van der Waals surface area contributed by atoms with Gasteiger partial charge in [-0.25, -0.2) is 9.79 Å². The van der Waals surface area contributed by atoms with Gasteiger partial charge in [-0.1, -0.05) is 89.7 Å². The molecule has 5 aromatic rings. The van der Waals surface area contributed by atoms with Crippen LogP contribution in [0.5, 0.6) is 0 Å². The largest absolute Gasteiger partial charge is 0.463 e. The van der Waals surface area contributed by atoms with E-state index in [2.05, 4.69) is 17.2 Å². The van der Waals surface area contributed by atoms with Gasteiger partial charge in [0.25, 0.3) is 5.56 Å². The SMILES string of the molecule is C=CCn1cc(/C=c2/sc3n(c2=O)C(c2ccc(Cl)cc2)C(C(=O)OCC)=C(c2ccccc2)N=3)c2ccccc21. The summed E-state index contributed by atoms with van der Waals surface area (Å²) in [6, 6.07) is 24.0. The Labute approximate surface area is 245 Å². The van der Waals surface area contributed by atoms with Gasteiger partial charge >= 0.3 is 5.97 Å². The molecule has 1 atom stereocenters. The van der Waals surface area contributed by atoms with E-state index in [9.17, 15) is 9.59 Å². The molecule has 0 aliphatic carbocycles. The average molecular weight is 580 g/mol. The first kappa shape index (κ1) is 26.7. The van der Waals surface area contributed by atoms with Crippen LogP contribution in [0.15, 0.2) is 113 Å². The third kappa shape index (κ3) is 4.88. The monoisotopic (exact) mass is 579 g/mol. The lowest BCUT2D eigenvalue weighted by Gasteiger charge is -2.25. The Morgan fingerprint density at radius 2 is 1.80 bits per heavy atom. The molecule has 0 spiro atoms. The van der Waals surface area contributed by atoms with E-state index in [1.165, 1.54) is 11.3 Å². The second-order valence-electron chi connectivity index (χ2n) is 9.53. The van der Waals surface area contributed by atoms with E-state index < -0.39 is 12.0 Å². The van der Waals surface area contributed by atoms with Gasteiger partial charge in [0.05, 0.1) is 28.5 Å². The van der Waals surface area contributed by atoms with Crippen molar-refractivity contribution in [2.24, 2.45) is 4.99 Å². The number of nitrogens with zero attached hydrogens (tertiary/aromatic N) is 3. The number of allylic oxidation sites excluding steroid dienone is 1. The van der Waals surface area contributed by atoms with Crippen molar-refractivity contribution in [3.8, 4) is 0 Å². The number of carbonyl (C=O) groups excluding carboxylic acids is 1. The molecule has 1 unspecified atom stereocenters. The van der Waals surface area contributed by atoms with Gasteiger partial charge in [0, 0.05) is 39.8 Å². The van der Waals surface area contributed by atoms with E-state index >= 15 is 0 Å². The number of fused-ring (bicyclic) bond motifs is 2. The second kappa shape index (κ2) is 11.2. The van der Waals surface area contributed by atoms with E-state index in [1.807, 2.05) is 79.0 Å². The lowest BCUT2D eigenvalue weighted by molar-refractivity contribution is -0.138. The van der Waals surface area contributed by atoms with Gasteiger partial charge in [-0.15, -0.1) is 6.58 Å². The van der Waals surface area contributed by atoms with E-state index in [0.29, 0.717) is 32.2 Å². The van der Waals surface area contributed by atoms with E-state index in [1.54, 1.807) is 23.6 Å². The van der Waals surface area contributed by atoms with Crippen LogP contribution in [0.3, 0.4) is 0 Å². The molecule has 0 bridgehead atoms. The van der Waals surface area contributed by atoms with Gasteiger partial charge in [-0.2, -0.15) is 0 Å². The van der Waals surface area contributed by atoms with Gasteiger partial charge in [0.1, 0.15) is 0 Å². The van der Waals surface area contributed by atoms with Crippen molar-refractivity contribution in [3.63, 3.8) is 0 Å². The van der Waals surface area contributed by atoms with Crippen LogP contribution in [0.4, 0.5) is 0 Å². The van der Waals surface area contributed by atoms with Gasteiger partial charge in [-0.05, 0) is 36.8 Å². The maximum Gasteiger partial charge on any atom is 0.338 e. The number of esters is 1. The van der Waals surface area contributed by atoms with Crippen LogP contribution in [0.25, 0.3) is 22.7 Å². The minimum Gasteiger partial charge on any atom is -0.463 e. The highest BCUT2D eigenvalue weighted by molar-refractivity contribution is 7.07. The molecular weight excluding hydrogens is 554 g/mol. The Morgan fingerprint density at radius 1 is 1.07 bits per heavy atom. The number of benzene rings is 3. The first-order valence-corrected chi connectivity index (χ1v) is 14.4. The summed E-state index contributed by atoms with van der Waals surface area (Å²) in [6.07, 6.45) is 5.78. The van der Waals surface area contributed by atoms with Crippen molar-refractivity contribution in [2.45, 2.75) is 19.5 Å². The smallest absolute Gasteiger partial charge is 0.338 e. The number of ether oxygens (including phenoxy) is 1. The molecule has 0 radical (unpaired) electrons. The fourth-order valence-electron chi connectivity index (χ4n) is 5.22. The summed E-state index contributed by atoms with van der Waals surface area (Å²) in [5, 5.41) is 1.59. The summed E-state index contributed by atoms with van der Waals surface area (Å²) >= 11 is 7.52. The summed E-state index contributed by atoms with van der Waals surface area (Å²) in [5.74, 6) is -0.517. The standard InChI is InChI=1S/C33H26ClN3O3S/c1-3-18-36-20-23(25-12-8-9-13-26(25)36)19-27-31(38)37-30(22-14-16-24(34)17-15-22)28(32(39)40-4-2)29(35-33(37)41-27)21-10-6-5-7-11-21/h3,5-17,19-20,30H,1,4,18H2,2H3/b27-19+. The molecule has 1 aliphatic heterocycles. The third-order valence-electron chi connectivity index (χ3n) is 6.99. The number of rotatable bonds is 7. The fraction of sp³-hybridized carbons (Fsp3) is 0.121. The Hall–Kier alpha value is -4.46. The Bertz CT molecular complexity index is 2000. The van der Waals surface area contributed by atoms with Gasteiger partial charge in [0.15, 0.2) is 4.80 Å². The summed E-state index contributed by atoms with van der Waals surface area (Å²) in [6.45, 7) is 6.48. The predicted molar refractivity (Wildman–Crippen MR) is 165 cm³/mol. The average Bonchev–Trinajstić information content (AvgIpc) is 3.50. The van der Waals surface area contributed by atoms with Crippen LogP contribution in [0.1, 0.15) is 29.7 Å². The van der Waals surface area contributed by atoms with Crippen LogP contribution < -0.4 is 14.9 Å². The van der Waals surface area contributed by atoms with Gasteiger partial charge in [0.2, 0.25) is 0 Å². The molecule has 0 saturated heterocycles. The first-order chi connectivity index (χ1) is 20.0. The van der Waals surface area contributed by atoms with Crippen molar-refractivity contribution in [2.75, 3.05) is 6.61 Å². The molecule has 8 heteroatoms. The Morgan fingerprint density at radius 3 is 2.54 bits per heavy atom. The number of hydrogen-bond acceptors (Lipinski definition) is 5. The molecule has 0 N–H and O–H groups in total. The minimum atomic E-state index is -0.748. The zero-order chi connectivity index (χ0) is 28.5. The number of aromatic nitrogens is 2. The molecule has 204 valence electrons. The van der Waals surface area contributed by atoms with Crippen molar-refractivity contribution in [1.82, 2.24) is 9.13 Å². The summed E-state index contributed by atoms with van der Waals surface area (Å²) in [5.41, 5.74) is 4.03. The predicted octanol–water partition coefficient (Wildman–Crippen LogP) is 5.73. The highest BCUT2D eigenvalue weighted by Gasteiger charge is 2.35. The second-order valence-corrected chi connectivity index (χ2v) is 11.0. The molecule has 0 saturated carbocycles. The zero-order valence-electron chi connectivity index (χ0n) is 22.3. The third-order valence-corrected chi connectivity index (χ3v) is 8.23. The van der Waals surface area contributed by atoms with Crippen molar-refractivity contribution in [3.05, 3.63) is 145 Å². The van der Waals surface area contributed by atoms with E-state index in [4.69, 9.17) is 21.3 Å². The Kier molecular flexibility index (Phi) is 7.30. The fourth-order valence-corrected chi connectivity index (χ4v) is 6.34. The van der Waals surface area contributed by atoms with E-state index in [0.717, 1.165) is 27.6 Å².